The monoisotopic (exact) mass is 478 g/mol. The standard InChI is InChI=1S/C22H17Cl3N2O4/c1-30-19-10-7-14(11-17(19)24)26-22(29)13-5-8-15(9-6-13)31-12-20(28)27-18-4-2-3-16(23)21(18)25/h2-11H,12H2,1H3,(H,26,29)(H,27,28). The van der Waals surface area contributed by atoms with Gasteiger partial charge in [-0.3, -0.25) is 9.59 Å². The Morgan fingerprint density at radius 3 is 2.32 bits per heavy atom. The van der Waals surface area contributed by atoms with Crippen molar-refractivity contribution in [2.24, 2.45) is 0 Å². The predicted molar refractivity (Wildman–Crippen MR) is 123 cm³/mol. The highest BCUT2D eigenvalue weighted by Crippen LogP contribution is 2.29. The van der Waals surface area contributed by atoms with E-state index < -0.39 is 5.91 Å². The first-order chi connectivity index (χ1) is 14.9. The van der Waals surface area contributed by atoms with Gasteiger partial charge in [-0.1, -0.05) is 40.9 Å². The van der Waals surface area contributed by atoms with E-state index in [1.54, 1.807) is 60.7 Å². The molecule has 0 fully saturated rings. The van der Waals surface area contributed by atoms with E-state index >= 15 is 0 Å². The second-order valence-electron chi connectivity index (χ2n) is 6.27. The molecule has 0 unspecified atom stereocenters. The van der Waals surface area contributed by atoms with Crippen LogP contribution in [-0.2, 0) is 4.79 Å². The number of rotatable bonds is 7. The summed E-state index contributed by atoms with van der Waals surface area (Å²) >= 11 is 18.0. The molecular formula is C22H17Cl3N2O4. The van der Waals surface area contributed by atoms with Crippen LogP contribution in [0.1, 0.15) is 10.4 Å². The molecule has 0 aliphatic heterocycles. The number of carbonyl (C=O) groups is 2. The molecule has 0 spiro atoms. The number of benzene rings is 3. The van der Waals surface area contributed by atoms with Crippen molar-refractivity contribution in [2.45, 2.75) is 0 Å². The first-order valence-electron chi connectivity index (χ1n) is 8.99. The van der Waals surface area contributed by atoms with Gasteiger partial charge in [0.05, 0.1) is 27.9 Å². The number of hydrogen-bond donors (Lipinski definition) is 2. The zero-order chi connectivity index (χ0) is 22.4. The van der Waals surface area contributed by atoms with Crippen molar-refractivity contribution in [1.29, 1.82) is 0 Å². The highest BCUT2D eigenvalue weighted by atomic mass is 35.5. The maximum Gasteiger partial charge on any atom is 0.262 e. The van der Waals surface area contributed by atoms with E-state index in [1.165, 1.54) is 7.11 Å². The molecule has 0 heterocycles. The van der Waals surface area contributed by atoms with E-state index in [0.29, 0.717) is 38.5 Å². The largest absolute Gasteiger partial charge is 0.495 e. The zero-order valence-electron chi connectivity index (χ0n) is 16.2. The van der Waals surface area contributed by atoms with Crippen LogP contribution in [0.3, 0.4) is 0 Å². The molecule has 3 aromatic carbocycles. The maximum atomic E-state index is 12.4. The highest BCUT2D eigenvalue weighted by Gasteiger charge is 2.11. The first-order valence-corrected chi connectivity index (χ1v) is 10.1. The minimum atomic E-state index is -0.401. The summed E-state index contributed by atoms with van der Waals surface area (Å²) in [5, 5.41) is 6.36. The molecule has 0 aliphatic carbocycles. The normalized spacial score (nSPS) is 10.3. The molecule has 0 aromatic heterocycles. The van der Waals surface area contributed by atoms with Gasteiger partial charge in [-0.05, 0) is 54.6 Å². The fourth-order valence-corrected chi connectivity index (χ4v) is 3.19. The van der Waals surface area contributed by atoms with E-state index in [9.17, 15) is 9.59 Å². The molecule has 0 bridgehead atoms. The summed E-state index contributed by atoms with van der Waals surface area (Å²) in [4.78, 5) is 24.5. The topological polar surface area (TPSA) is 76.7 Å². The minimum absolute atomic E-state index is 0.237. The Hall–Kier alpha value is -2.93. The van der Waals surface area contributed by atoms with E-state index in [1.807, 2.05) is 0 Å². The van der Waals surface area contributed by atoms with Gasteiger partial charge < -0.3 is 20.1 Å². The third-order valence-electron chi connectivity index (χ3n) is 4.12. The summed E-state index contributed by atoms with van der Waals surface area (Å²) in [5.74, 6) is 0.225. The molecule has 9 heteroatoms. The Morgan fingerprint density at radius 1 is 0.903 bits per heavy atom. The molecule has 3 aromatic rings. The van der Waals surface area contributed by atoms with Crippen LogP contribution >= 0.6 is 34.8 Å². The first kappa shape index (κ1) is 22.7. The van der Waals surface area contributed by atoms with Crippen molar-refractivity contribution >= 4 is 58.0 Å². The number of anilines is 2. The second kappa shape index (κ2) is 10.4. The molecule has 31 heavy (non-hydrogen) atoms. The second-order valence-corrected chi connectivity index (χ2v) is 7.46. The summed E-state index contributed by atoms with van der Waals surface area (Å²) in [6.07, 6.45) is 0. The molecule has 2 amide bonds. The van der Waals surface area contributed by atoms with Crippen molar-refractivity contribution in [1.82, 2.24) is 0 Å². The summed E-state index contributed by atoms with van der Waals surface area (Å²) in [6, 6.07) is 16.2. The van der Waals surface area contributed by atoms with Crippen LogP contribution in [-0.4, -0.2) is 25.5 Å². The quantitative estimate of drug-likeness (QED) is 0.441. The number of carbonyl (C=O) groups excluding carboxylic acids is 2. The van der Waals surface area contributed by atoms with Gasteiger partial charge in [0, 0.05) is 11.3 Å². The smallest absolute Gasteiger partial charge is 0.262 e. The van der Waals surface area contributed by atoms with Gasteiger partial charge >= 0.3 is 0 Å². The van der Waals surface area contributed by atoms with Crippen LogP contribution in [0.5, 0.6) is 11.5 Å². The molecule has 160 valence electrons. The van der Waals surface area contributed by atoms with Crippen molar-refractivity contribution in [3.63, 3.8) is 0 Å². The fraction of sp³-hybridized carbons (Fsp3) is 0.0909. The Balaban J connectivity index is 1.54. The van der Waals surface area contributed by atoms with Crippen molar-refractivity contribution in [3.8, 4) is 11.5 Å². The number of amides is 2. The Bertz CT molecular complexity index is 1100. The molecule has 3 rings (SSSR count). The molecular weight excluding hydrogens is 463 g/mol. The van der Waals surface area contributed by atoms with Crippen LogP contribution in [0.2, 0.25) is 15.1 Å². The lowest BCUT2D eigenvalue weighted by Gasteiger charge is -2.10. The predicted octanol–water partition coefficient (Wildman–Crippen LogP) is 5.93. The van der Waals surface area contributed by atoms with Gasteiger partial charge in [-0.25, -0.2) is 0 Å². The van der Waals surface area contributed by atoms with Gasteiger partial charge in [-0.15, -0.1) is 0 Å². The van der Waals surface area contributed by atoms with Crippen molar-refractivity contribution in [3.05, 3.63) is 81.3 Å². The van der Waals surface area contributed by atoms with Gasteiger partial charge in [0.2, 0.25) is 0 Å². The lowest BCUT2D eigenvalue weighted by atomic mass is 10.2. The van der Waals surface area contributed by atoms with E-state index in [0.717, 1.165) is 0 Å². The maximum absolute atomic E-state index is 12.4. The Labute approximate surface area is 194 Å². The van der Waals surface area contributed by atoms with Crippen LogP contribution in [0.15, 0.2) is 60.7 Å². The minimum Gasteiger partial charge on any atom is -0.495 e. The third-order valence-corrected chi connectivity index (χ3v) is 5.24. The van der Waals surface area contributed by atoms with Crippen LogP contribution in [0.25, 0.3) is 0 Å². The highest BCUT2D eigenvalue weighted by molar-refractivity contribution is 6.44. The summed E-state index contributed by atoms with van der Waals surface area (Å²) < 4.78 is 10.5. The van der Waals surface area contributed by atoms with Crippen molar-refractivity contribution in [2.75, 3.05) is 24.4 Å². The number of hydrogen-bond acceptors (Lipinski definition) is 4. The fourth-order valence-electron chi connectivity index (χ4n) is 2.59. The molecule has 0 saturated heterocycles. The van der Waals surface area contributed by atoms with Crippen LogP contribution in [0.4, 0.5) is 11.4 Å². The summed E-state index contributed by atoms with van der Waals surface area (Å²) in [7, 11) is 1.51. The van der Waals surface area contributed by atoms with E-state index in [2.05, 4.69) is 10.6 Å². The average Bonchev–Trinajstić information content (AvgIpc) is 2.76. The van der Waals surface area contributed by atoms with E-state index in [4.69, 9.17) is 44.3 Å². The molecule has 0 saturated carbocycles. The number of nitrogens with one attached hydrogen (secondary N) is 2. The average molecular weight is 480 g/mol. The van der Waals surface area contributed by atoms with Gasteiger partial charge in [-0.2, -0.15) is 0 Å². The third kappa shape index (κ3) is 6.04. The SMILES string of the molecule is COc1ccc(NC(=O)c2ccc(OCC(=O)Nc3cccc(Cl)c3Cl)cc2)cc1Cl. The van der Waals surface area contributed by atoms with E-state index in [-0.39, 0.29) is 17.5 Å². The zero-order valence-corrected chi connectivity index (χ0v) is 18.5. The molecule has 6 nitrogen and oxygen atoms in total. The van der Waals surface area contributed by atoms with Gasteiger partial charge in [0.15, 0.2) is 6.61 Å². The number of halogens is 3. The van der Waals surface area contributed by atoms with Gasteiger partial charge in [0.1, 0.15) is 11.5 Å². The molecule has 0 aliphatic rings. The molecule has 0 atom stereocenters. The summed E-state index contributed by atoms with van der Waals surface area (Å²) in [5.41, 5.74) is 1.34. The van der Waals surface area contributed by atoms with Crippen LogP contribution in [0, 0.1) is 0 Å². The van der Waals surface area contributed by atoms with Crippen molar-refractivity contribution < 1.29 is 19.1 Å². The number of methoxy groups -OCH3 is 1. The van der Waals surface area contributed by atoms with Gasteiger partial charge in [0.25, 0.3) is 11.8 Å². The lowest BCUT2D eigenvalue weighted by molar-refractivity contribution is -0.118. The molecule has 2 N–H and O–H groups in total. The molecule has 0 radical (unpaired) electrons. The number of ether oxygens (including phenoxy) is 2. The van der Waals surface area contributed by atoms with Crippen LogP contribution < -0.4 is 20.1 Å². The Morgan fingerprint density at radius 2 is 1.65 bits per heavy atom. The lowest BCUT2D eigenvalue weighted by Crippen LogP contribution is -2.20. The summed E-state index contributed by atoms with van der Waals surface area (Å²) in [6.45, 7) is -0.237. The Kier molecular flexibility index (Phi) is 7.63.